The van der Waals surface area contributed by atoms with Gasteiger partial charge in [0.25, 0.3) is 0 Å². The van der Waals surface area contributed by atoms with E-state index < -0.39 is 11.9 Å². The summed E-state index contributed by atoms with van der Waals surface area (Å²) in [7, 11) is 0. The maximum absolute atomic E-state index is 13.0. The second-order valence-electron chi connectivity index (χ2n) is 5.56. The van der Waals surface area contributed by atoms with E-state index in [0.717, 1.165) is 5.39 Å². The van der Waals surface area contributed by atoms with Crippen molar-refractivity contribution in [2.45, 2.75) is 20.3 Å². The van der Waals surface area contributed by atoms with Crippen molar-refractivity contribution in [3.05, 3.63) is 58.8 Å². The van der Waals surface area contributed by atoms with Crippen LogP contribution in [0.25, 0.3) is 21.5 Å². The Balaban J connectivity index is 2.40. The van der Waals surface area contributed by atoms with Crippen LogP contribution in [-0.2, 0) is 9.59 Å². The van der Waals surface area contributed by atoms with Gasteiger partial charge in [-0.3, -0.25) is 14.4 Å². The fourth-order valence-electron chi connectivity index (χ4n) is 2.65. The molecule has 3 rings (SSSR count). The second kappa shape index (κ2) is 6.73. The maximum atomic E-state index is 13.0. The first-order chi connectivity index (χ1) is 12.0. The Hall–Kier alpha value is -3.21. The minimum atomic E-state index is -0.500. The molecule has 0 unspecified atom stereocenters. The number of rotatable bonds is 3. The molecule has 0 bridgehead atoms. The third kappa shape index (κ3) is 3.35. The van der Waals surface area contributed by atoms with Gasteiger partial charge in [0.15, 0.2) is 5.43 Å². The summed E-state index contributed by atoms with van der Waals surface area (Å²) in [5.41, 5.74) is -0.246. The molecule has 0 heterocycles. The molecule has 0 saturated heterocycles. The van der Waals surface area contributed by atoms with Gasteiger partial charge in [0.1, 0.15) is 11.5 Å². The lowest BCUT2D eigenvalue weighted by molar-refractivity contribution is -0.134. The Labute approximate surface area is 143 Å². The van der Waals surface area contributed by atoms with Crippen LogP contribution in [0, 0.1) is 0 Å². The number of hydrogen-bond acceptors (Lipinski definition) is 5. The Morgan fingerprint density at radius 2 is 1.68 bits per heavy atom. The summed E-state index contributed by atoms with van der Waals surface area (Å²) in [6, 6.07) is 13.7. The number of carbonyl (C=O) groups excluding carboxylic acids is 2. The van der Waals surface area contributed by atoms with E-state index in [4.69, 9.17) is 9.47 Å². The van der Waals surface area contributed by atoms with E-state index in [2.05, 4.69) is 0 Å². The van der Waals surface area contributed by atoms with Crippen LogP contribution in [0.2, 0.25) is 0 Å². The lowest BCUT2D eigenvalue weighted by Crippen LogP contribution is -2.10. The number of esters is 2. The number of hydrogen-bond donors (Lipinski definition) is 0. The molecule has 5 nitrogen and oxygen atoms in total. The molecule has 0 atom stereocenters. The van der Waals surface area contributed by atoms with Crippen molar-refractivity contribution in [2.24, 2.45) is 0 Å². The summed E-state index contributed by atoms with van der Waals surface area (Å²) in [4.78, 5) is 36.1. The molecule has 25 heavy (non-hydrogen) atoms. The van der Waals surface area contributed by atoms with Crippen LogP contribution in [0.5, 0.6) is 11.5 Å². The van der Waals surface area contributed by atoms with Crippen LogP contribution >= 0.6 is 0 Å². The third-order valence-electron chi connectivity index (χ3n) is 3.76. The molecule has 0 N–H and O–H groups in total. The predicted octanol–water partition coefficient (Wildman–Crippen LogP) is 3.59. The van der Waals surface area contributed by atoms with Gasteiger partial charge in [0.05, 0.1) is 5.39 Å². The van der Waals surface area contributed by atoms with Gasteiger partial charge in [0, 0.05) is 24.8 Å². The van der Waals surface area contributed by atoms with Gasteiger partial charge in [-0.05, 0) is 16.8 Å². The molecule has 0 radical (unpaired) electrons. The van der Waals surface area contributed by atoms with Crippen LogP contribution < -0.4 is 14.9 Å². The van der Waals surface area contributed by atoms with Crippen molar-refractivity contribution in [3.8, 4) is 11.5 Å². The van der Waals surface area contributed by atoms with Crippen molar-refractivity contribution in [2.75, 3.05) is 0 Å². The summed E-state index contributed by atoms with van der Waals surface area (Å²) >= 11 is 0. The number of carbonyl (C=O) groups is 2. The zero-order valence-electron chi connectivity index (χ0n) is 13.9. The van der Waals surface area contributed by atoms with Gasteiger partial charge in [-0.1, -0.05) is 43.3 Å². The number of benzene rings is 2. The van der Waals surface area contributed by atoms with E-state index >= 15 is 0 Å². The van der Waals surface area contributed by atoms with Crippen LogP contribution in [0.1, 0.15) is 20.3 Å². The fourth-order valence-corrected chi connectivity index (χ4v) is 2.65. The minimum absolute atomic E-state index is 0.0898. The predicted molar refractivity (Wildman–Crippen MR) is 95.0 cm³/mol. The molecule has 0 aliphatic carbocycles. The van der Waals surface area contributed by atoms with E-state index in [0.29, 0.717) is 10.8 Å². The molecule has 0 spiro atoms. The summed E-state index contributed by atoms with van der Waals surface area (Å²) in [6.07, 6.45) is 0.160. The standard InChI is InChI=1S/C20H16O5/c1-3-18(22)25-17-11-15(24-12(2)21)10-14-9-8-13-6-4-5-7-16(13)20(23)19(14)17/h4-11H,3H2,1-2H3. The molecule has 0 amide bonds. The molecule has 3 aromatic rings. The average molecular weight is 336 g/mol. The van der Waals surface area contributed by atoms with E-state index in [9.17, 15) is 14.4 Å². The maximum Gasteiger partial charge on any atom is 0.310 e. The molecule has 3 aromatic carbocycles. The highest BCUT2D eigenvalue weighted by molar-refractivity contribution is 5.98. The summed E-state index contributed by atoms with van der Waals surface area (Å²) < 4.78 is 10.5. The first-order valence-corrected chi connectivity index (χ1v) is 7.88. The Kier molecular flexibility index (Phi) is 4.48. The highest BCUT2D eigenvalue weighted by atomic mass is 16.5. The van der Waals surface area contributed by atoms with Gasteiger partial charge in [-0.2, -0.15) is 0 Å². The van der Waals surface area contributed by atoms with Crippen LogP contribution in [0.3, 0.4) is 0 Å². The molecule has 0 aromatic heterocycles. The van der Waals surface area contributed by atoms with Crippen molar-refractivity contribution < 1.29 is 19.1 Å². The smallest absolute Gasteiger partial charge is 0.310 e. The minimum Gasteiger partial charge on any atom is -0.427 e. The van der Waals surface area contributed by atoms with Crippen LogP contribution in [-0.4, -0.2) is 11.9 Å². The largest absolute Gasteiger partial charge is 0.427 e. The van der Waals surface area contributed by atoms with E-state index in [1.165, 1.54) is 13.0 Å². The topological polar surface area (TPSA) is 69.7 Å². The van der Waals surface area contributed by atoms with Gasteiger partial charge in [-0.25, -0.2) is 0 Å². The molecule has 0 fully saturated rings. The average Bonchev–Trinajstić information content (AvgIpc) is 2.72. The monoisotopic (exact) mass is 336 g/mol. The zero-order chi connectivity index (χ0) is 18.0. The first-order valence-electron chi connectivity index (χ1n) is 7.88. The zero-order valence-corrected chi connectivity index (χ0v) is 13.9. The fraction of sp³-hybridized carbons (Fsp3) is 0.150. The molecular weight excluding hydrogens is 320 g/mol. The Morgan fingerprint density at radius 1 is 0.960 bits per heavy atom. The van der Waals surface area contributed by atoms with Crippen LogP contribution in [0.15, 0.2) is 53.3 Å². The lowest BCUT2D eigenvalue weighted by Gasteiger charge is -2.08. The molecule has 0 aliphatic heterocycles. The third-order valence-corrected chi connectivity index (χ3v) is 3.76. The summed E-state index contributed by atoms with van der Waals surface area (Å²) in [6.45, 7) is 2.94. The van der Waals surface area contributed by atoms with Gasteiger partial charge < -0.3 is 9.47 Å². The number of fused-ring (bicyclic) bond motifs is 2. The highest BCUT2D eigenvalue weighted by Gasteiger charge is 2.14. The number of ether oxygens (including phenoxy) is 2. The molecule has 0 saturated carbocycles. The summed E-state index contributed by atoms with van der Waals surface area (Å²) in [5.74, 6) is -0.670. The molecule has 0 aliphatic rings. The first kappa shape index (κ1) is 16.6. The SMILES string of the molecule is CCC(=O)Oc1cc(OC(C)=O)cc2ccc3ccccc3c(=O)c12. The van der Waals surface area contributed by atoms with Crippen molar-refractivity contribution in [1.82, 2.24) is 0 Å². The second-order valence-corrected chi connectivity index (χ2v) is 5.56. The van der Waals surface area contributed by atoms with Gasteiger partial charge in [0.2, 0.25) is 0 Å². The quantitative estimate of drug-likeness (QED) is 0.540. The van der Waals surface area contributed by atoms with E-state index in [1.54, 1.807) is 31.2 Å². The van der Waals surface area contributed by atoms with Crippen molar-refractivity contribution in [3.63, 3.8) is 0 Å². The summed E-state index contributed by atoms with van der Waals surface area (Å²) in [5, 5.41) is 2.09. The highest BCUT2D eigenvalue weighted by Crippen LogP contribution is 2.30. The Bertz CT molecular complexity index is 1050. The van der Waals surface area contributed by atoms with Crippen molar-refractivity contribution in [1.29, 1.82) is 0 Å². The van der Waals surface area contributed by atoms with E-state index in [-0.39, 0.29) is 28.7 Å². The molecular formula is C20H16O5. The Morgan fingerprint density at radius 3 is 2.40 bits per heavy atom. The van der Waals surface area contributed by atoms with Gasteiger partial charge >= 0.3 is 11.9 Å². The molecule has 5 heteroatoms. The van der Waals surface area contributed by atoms with Crippen molar-refractivity contribution >= 4 is 33.5 Å². The lowest BCUT2D eigenvalue weighted by atomic mass is 10.1. The normalized spacial score (nSPS) is 10.6. The van der Waals surface area contributed by atoms with E-state index in [1.807, 2.05) is 18.2 Å². The van der Waals surface area contributed by atoms with Crippen LogP contribution in [0.4, 0.5) is 0 Å². The van der Waals surface area contributed by atoms with Gasteiger partial charge in [-0.15, -0.1) is 0 Å². The molecule has 126 valence electrons.